The Morgan fingerprint density at radius 2 is 1.62 bits per heavy atom. The lowest BCUT2D eigenvalue weighted by atomic mass is 10.0. The zero-order valence-corrected chi connectivity index (χ0v) is 18.1. The first-order chi connectivity index (χ1) is 15.6. The topological polar surface area (TPSA) is 80.2 Å². The van der Waals surface area contributed by atoms with Gasteiger partial charge in [0.1, 0.15) is 18.1 Å². The molecule has 3 rings (SSSR count). The van der Waals surface area contributed by atoms with Crippen LogP contribution in [0.25, 0.3) is 0 Å². The summed E-state index contributed by atoms with van der Waals surface area (Å²) in [4.78, 5) is 12.0. The number of hydrogen-bond donors (Lipinski definition) is 2. The van der Waals surface area contributed by atoms with Crippen LogP contribution in [-0.4, -0.2) is 23.8 Å². The third-order valence-corrected chi connectivity index (χ3v) is 4.75. The predicted octanol–water partition coefficient (Wildman–Crippen LogP) is 4.63. The molecule has 0 aliphatic carbocycles. The van der Waals surface area contributed by atoms with Gasteiger partial charge in [0.25, 0.3) is 0 Å². The molecule has 2 N–H and O–H groups in total. The summed E-state index contributed by atoms with van der Waals surface area (Å²) in [6.07, 6.45) is 1.33. The van der Waals surface area contributed by atoms with Crippen LogP contribution < -0.4 is 14.9 Å². The van der Waals surface area contributed by atoms with Gasteiger partial charge >= 0.3 is 0 Å². The molecule has 0 saturated heterocycles. The highest BCUT2D eigenvalue weighted by Gasteiger charge is 2.10. The third kappa shape index (κ3) is 7.56. The van der Waals surface area contributed by atoms with Crippen LogP contribution in [-0.2, 0) is 11.4 Å². The van der Waals surface area contributed by atoms with Crippen LogP contribution in [0.3, 0.4) is 0 Å². The summed E-state index contributed by atoms with van der Waals surface area (Å²) < 4.78 is 11.1. The number of ether oxygens (including phenoxy) is 2. The van der Waals surface area contributed by atoms with Crippen molar-refractivity contribution < 1.29 is 19.4 Å². The molecule has 0 radical (unpaired) electrons. The number of carbonyl (C=O) groups is 1. The molecule has 0 aromatic heterocycles. The van der Waals surface area contributed by atoms with Crippen LogP contribution in [0.2, 0.25) is 0 Å². The maximum Gasteiger partial charge on any atom is 0.240 e. The fourth-order valence-corrected chi connectivity index (χ4v) is 3.01. The average Bonchev–Trinajstić information content (AvgIpc) is 2.83. The zero-order chi connectivity index (χ0) is 22.6. The van der Waals surface area contributed by atoms with Crippen molar-refractivity contribution in [1.29, 1.82) is 0 Å². The van der Waals surface area contributed by atoms with Crippen molar-refractivity contribution in [1.82, 2.24) is 5.43 Å². The summed E-state index contributed by atoms with van der Waals surface area (Å²) >= 11 is 0. The Labute approximate surface area is 188 Å². The minimum Gasteiger partial charge on any atom is -0.494 e. The molecule has 32 heavy (non-hydrogen) atoms. The fraction of sp³-hybridized carbons (Fsp3) is 0.231. The van der Waals surface area contributed by atoms with Gasteiger partial charge in [-0.3, -0.25) is 4.79 Å². The predicted molar refractivity (Wildman–Crippen MR) is 125 cm³/mol. The van der Waals surface area contributed by atoms with Crippen LogP contribution >= 0.6 is 0 Å². The number of amides is 1. The molecule has 0 fully saturated rings. The quantitative estimate of drug-likeness (QED) is 0.342. The normalized spacial score (nSPS) is 11.8. The van der Waals surface area contributed by atoms with Crippen molar-refractivity contribution in [2.24, 2.45) is 5.10 Å². The molecule has 3 aromatic carbocycles. The minimum absolute atomic E-state index is 0.165. The molecular weight excluding hydrogens is 404 g/mol. The van der Waals surface area contributed by atoms with E-state index in [1.165, 1.54) is 0 Å². The van der Waals surface area contributed by atoms with E-state index in [0.717, 1.165) is 28.2 Å². The van der Waals surface area contributed by atoms with Gasteiger partial charge in [0.05, 0.1) is 18.9 Å². The largest absolute Gasteiger partial charge is 0.494 e. The zero-order valence-electron chi connectivity index (χ0n) is 18.1. The van der Waals surface area contributed by atoms with Crippen molar-refractivity contribution in [3.05, 3.63) is 95.6 Å². The van der Waals surface area contributed by atoms with Crippen molar-refractivity contribution in [2.75, 3.05) is 6.61 Å². The Hall–Kier alpha value is -3.64. The number of nitrogens with one attached hydrogen (secondary N) is 1. The van der Waals surface area contributed by atoms with Crippen LogP contribution in [0.5, 0.6) is 11.5 Å². The molecular formula is C26H28N2O4. The lowest BCUT2D eigenvalue weighted by molar-refractivity contribution is -0.121. The maximum atomic E-state index is 12.0. The number of hydrogen-bond acceptors (Lipinski definition) is 5. The number of aliphatic hydroxyl groups excluding tert-OH is 1. The molecule has 6 heteroatoms. The Bertz CT molecular complexity index is 987. The van der Waals surface area contributed by atoms with E-state index < -0.39 is 6.10 Å². The highest BCUT2D eigenvalue weighted by molar-refractivity contribution is 5.82. The van der Waals surface area contributed by atoms with E-state index in [9.17, 15) is 9.90 Å². The maximum absolute atomic E-state index is 12.0. The molecule has 0 saturated carbocycles. The molecule has 1 atom stereocenters. The van der Waals surface area contributed by atoms with Gasteiger partial charge in [0.15, 0.2) is 0 Å². The Morgan fingerprint density at radius 1 is 0.969 bits per heavy atom. The number of aliphatic hydroxyl groups is 1. The van der Waals surface area contributed by atoms with Gasteiger partial charge in [-0.2, -0.15) is 5.10 Å². The molecule has 0 aliphatic rings. The highest BCUT2D eigenvalue weighted by atomic mass is 16.5. The lowest BCUT2D eigenvalue weighted by Gasteiger charge is -2.11. The summed E-state index contributed by atoms with van der Waals surface area (Å²) in [6, 6.07) is 24.6. The van der Waals surface area contributed by atoms with Crippen LogP contribution in [0, 0.1) is 0 Å². The molecule has 166 valence electrons. The third-order valence-electron chi connectivity index (χ3n) is 4.75. The first-order valence-corrected chi connectivity index (χ1v) is 10.6. The van der Waals surface area contributed by atoms with Crippen LogP contribution in [0.4, 0.5) is 0 Å². The highest BCUT2D eigenvalue weighted by Crippen LogP contribution is 2.21. The number of carbonyl (C=O) groups excluding carboxylic acids is 1. The first-order valence-electron chi connectivity index (χ1n) is 10.6. The van der Waals surface area contributed by atoms with Gasteiger partial charge in [-0.05, 0) is 66.4 Å². The van der Waals surface area contributed by atoms with Crippen LogP contribution in [0.1, 0.15) is 42.6 Å². The smallest absolute Gasteiger partial charge is 0.240 e. The minimum atomic E-state index is -0.719. The molecule has 1 amide bonds. The van der Waals surface area contributed by atoms with E-state index >= 15 is 0 Å². The molecule has 0 unspecified atom stereocenters. The van der Waals surface area contributed by atoms with Gasteiger partial charge in [-0.1, -0.05) is 42.5 Å². The summed E-state index contributed by atoms with van der Waals surface area (Å²) in [5.41, 5.74) is 5.19. The molecule has 6 nitrogen and oxygen atoms in total. The first kappa shape index (κ1) is 23.0. The molecule has 3 aromatic rings. The molecule has 0 bridgehead atoms. The van der Waals surface area contributed by atoms with Gasteiger partial charge in [0.2, 0.25) is 5.91 Å². The van der Waals surface area contributed by atoms with Gasteiger partial charge in [-0.15, -0.1) is 0 Å². The van der Waals surface area contributed by atoms with Crippen molar-refractivity contribution in [2.45, 2.75) is 32.5 Å². The summed E-state index contributed by atoms with van der Waals surface area (Å²) in [5, 5.41) is 14.2. The molecule has 0 aliphatic heterocycles. The molecule has 0 spiro atoms. The second-order valence-electron chi connectivity index (χ2n) is 7.19. The van der Waals surface area contributed by atoms with Crippen molar-refractivity contribution in [3.63, 3.8) is 0 Å². The summed E-state index contributed by atoms with van der Waals surface area (Å²) in [6.45, 7) is 3.02. The second-order valence-corrected chi connectivity index (χ2v) is 7.19. The lowest BCUT2D eigenvalue weighted by Crippen LogP contribution is -2.18. The number of hydrazone groups is 1. The fourth-order valence-electron chi connectivity index (χ4n) is 3.01. The number of rotatable bonds is 11. The molecule has 0 heterocycles. The van der Waals surface area contributed by atoms with Gasteiger partial charge in [0, 0.05) is 6.42 Å². The number of nitrogens with zero attached hydrogens (tertiary/aromatic N) is 1. The summed E-state index contributed by atoms with van der Waals surface area (Å²) in [5.74, 6) is 1.26. The van der Waals surface area contributed by atoms with Crippen molar-refractivity contribution >= 4 is 12.1 Å². The standard InChI is InChI=1S/C26H28N2O4/c1-2-31-23-14-10-22(11-15-23)25(29)16-17-26(30)28-27-18-20-8-12-24(13-9-20)32-19-21-6-4-3-5-7-21/h3-15,18,25,29H,2,16-17,19H2,1H3,(H,28,30)/b27-18-/t25-/m1/s1. The Balaban J connectivity index is 1.38. The SMILES string of the molecule is CCOc1ccc([C@H](O)CCC(=O)N/N=C\c2ccc(OCc3ccccc3)cc2)cc1. The van der Waals surface area contributed by atoms with E-state index in [4.69, 9.17) is 9.47 Å². The van der Waals surface area contributed by atoms with Crippen LogP contribution in [0.15, 0.2) is 84.0 Å². The van der Waals surface area contributed by atoms with Crippen molar-refractivity contribution in [3.8, 4) is 11.5 Å². The number of benzene rings is 3. The van der Waals surface area contributed by atoms with Gasteiger partial charge < -0.3 is 14.6 Å². The Kier molecular flexibility index (Phi) is 8.83. The van der Waals surface area contributed by atoms with E-state index in [-0.39, 0.29) is 12.3 Å². The van der Waals surface area contributed by atoms with E-state index in [1.807, 2.05) is 73.7 Å². The van der Waals surface area contributed by atoms with E-state index in [0.29, 0.717) is 19.6 Å². The Morgan fingerprint density at radius 3 is 2.31 bits per heavy atom. The average molecular weight is 433 g/mol. The van der Waals surface area contributed by atoms with Gasteiger partial charge in [-0.25, -0.2) is 5.43 Å². The van der Waals surface area contributed by atoms with E-state index in [2.05, 4.69) is 10.5 Å². The monoisotopic (exact) mass is 432 g/mol. The summed E-state index contributed by atoms with van der Waals surface area (Å²) in [7, 11) is 0. The van der Waals surface area contributed by atoms with E-state index in [1.54, 1.807) is 18.3 Å². The second kappa shape index (κ2) is 12.3.